The van der Waals surface area contributed by atoms with Crippen LogP contribution in [0.5, 0.6) is 0 Å². The lowest BCUT2D eigenvalue weighted by molar-refractivity contribution is -0.116. The zero-order valence-corrected chi connectivity index (χ0v) is 20.9. The van der Waals surface area contributed by atoms with E-state index in [-0.39, 0.29) is 60.0 Å². The van der Waals surface area contributed by atoms with E-state index in [2.05, 4.69) is 0 Å². The van der Waals surface area contributed by atoms with Gasteiger partial charge < -0.3 is 10.2 Å². The summed E-state index contributed by atoms with van der Waals surface area (Å²) in [4.78, 5) is 50.2. The Labute approximate surface area is 202 Å². The summed E-state index contributed by atoms with van der Waals surface area (Å²) in [5, 5.41) is 18.8. The number of Topliss-reactive ketones (excluding diaryl/α,β-unsaturated/α-hetero) is 2. The summed E-state index contributed by atoms with van der Waals surface area (Å²) in [7, 11) is 0. The van der Waals surface area contributed by atoms with Crippen LogP contribution in [0.15, 0.2) is 46.6 Å². The van der Waals surface area contributed by atoms with Crippen LogP contribution in [0.4, 0.5) is 0 Å². The Bertz CT molecular complexity index is 877. The summed E-state index contributed by atoms with van der Waals surface area (Å²) in [6.07, 6.45) is 9.60. The molecule has 2 N–H and O–H groups in total. The summed E-state index contributed by atoms with van der Waals surface area (Å²) in [6, 6.07) is 0. The van der Waals surface area contributed by atoms with Crippen molar-refractivity contribution in [3.8, 4) is 0 Å². The number of rotatable bonds is 13. The van der Waals surface area contributed by atoms with E-state index in [0.29, 0.717) is 48.0 Å². The van der Waals surface area contributed by atoms with E-state index in [1.54, 1.807) is 0 Å². The maximum absolute atomic E-state index is 12.9. The Balaban J connectivity index is 1.96. The zero-order valence-electron chi connectivity index (χ0n) is 20.9. The first-order valence-electron chi connectivity index (χ1n) is 12.1. The van der Waals surface area contributed by atoms with Crippen molar-refractivity contribution in [3.05, 3.63) is 46.6 Å². The van der Waals surface area contributed by atoms with Crippen molar-refractivity contribution in [2.45, 2.75) is 79.1 Å². The molecule has 2 rings (SSSR count). The normalized spacial score (nSPS) is 17.5. The predicted octanol–water partition coefficient (Wildman–Crippen LogP) is 4.15. The molecule has 0 aromatic rings. The topological polar surface area (TPSA) is 109 Å². The van der Waals surface area contributed by atoms with Gasteiger partial charge in [0.05, 0.1) is 0 Å². The molecule has 0 bridgehead atoms. The van der Waals surface area contributed by atoms with Crippen molar-refractivity contribution in [1.82, 2.24) is 0 Å². The third kappa shape index (κ3) is 8.10. The van der Waals surface area contributed by atoms with E-state index in [1.807, 2.05) is 27.7 Å². The second-order valence-corrected chi connectivity index (χ2v) is 11.0. The van der Waals surface area contributed by atoms with Gasteiger partial charge in [0, 0.05) is 35.5 Å². The zero-order chi connectivity index (χ0) is 25.5. The van der Waals surface area contributed by atoms with Crippen LogP contribution in [0.25, 0.3) is 0 Å². The molecule has 0 saturated heterocycles. The SMILES string of the molecule is CC(C)(CO)CCCC1=CC(=O)C=C(CCC2=CC(=O)C=C(CCCC(C)(C)CO)C2=O)C1=O. The maximum Gasteiger partial charge on any atom is 0.185 e. The van der Waals surface area contributed by atoms with Gasteiger partial charge >= 0.3 is 0 Å². The lowest BCUT2D eigenvalue weighted by Gasteiger charge is -2.22. The second-order valence-electron chi connectivity index (χ2n) is 11.0. The first-order valence-corrected chi connectivity index (χ1v) is 12.1. The van der Waals surface area contributed by atoms with Crippen LogP contribution in [0.1, 0.15) is 79.1 Å². The molecule has 6 heteroatoms. The average molecular weight is 471 g/mol. The van der Waals surface area contributed by atoms with Gasteiger partial charge in [0.1, 0.15) is 0 Å². The number of hydrogen-bond donors (Lipinski definition) is 2. The lowest BCUT2D eigenvalue weighted by Crippen LogP contribution is -2.19. The Morgan fingerprint density at radius 1 is 0.559 bits per heavy atom. The van der Waals surface area contributed by atoms with Crippen molar-refractivity contribution >= 4 is 23.1 Å². The summed E-state index contributed by atoms with van der Waals surface area (Å²) in [6.45, 7) is 7.92. The highest BCUT2D eigenvalue weighted by molar-refractivity contribution is 6.21. The minimum atomic E-state index is -0.238. The fraction of sp³-hybridized carbons (Fsp3) is 0.571. The summed E-state index contributed by atoms with van der Waals surface area (Å²) < 4.78 is 0. The molecule has 0 heterocycles. The van der Waals surface area contributed by atoms with Crippen molar-refractivity contribution in [2.75, 3.05) is 13.2 Å². The highest BCUT2D eigenvalue weighted by Gasteiger charge is 2.26. The third-order valence-electron chi connectivity index (χ3n) is 6.55. The lowest BCUT2D eigenvalue weighted by atomic mass is 9.83. The molecule has 0 aromatic heterocycles. The minimum absolute atomic E-state index is 0.0571. The van der Waals surface area contributed by atoms with Crippen LogP contribution in [-0.2, 0) is 19.2 Å². The largest absolute Gasteiger partial charge is 0.396 e. The molecule has 34 heavy (non-hydrogen) atoms. The van der Waals surface area contributed by atoms with Crippen LogP contribution < -0.4 is 0 Å². The number of aliphatic hydroxyl groups excluding tert-OH is 2. The molecule has 6 nitrogen and oxygen atoms in total. The molecule has 2 aliphatic rings. The Kier molecular flexibility index (Phi) is 9.65. The van der Waals surface area contributed by atoms with Gasteiger partial charge in [0.15, 0.2) is 23.1 Å². The van der Waals surface area contributed by atoms with Gasteiger partial charge in [-0.25, -0.2) is 0 Å². The molecule has 0 unspecified atom stereocenters. The monoisotopic (exact) mass is 470 g/mol. The Morgan fingerprint density at radius 3 is 1.15 bits per heavy atom. The average Bonchev–Trinajstić information content (AvgIpc) is 2.77. The number of carbonyl (C=O) groups excluding carboxylic acids is 4. The van der Waals surface area contributed by atoms with E-state index in [0.717, 1.165) is 12.8 Å². The summed E-state index contributed by atoms with van der Waals surface area (Å²) >= 11 is 0. The van der Waals surface area contributed by atoms with Crippen LogP contribution in [0, 0.1) is 10.8 Å². The molecular formula is C28H38O6. The van der Waals surface area contributed by atoms with Crippen molar-refractivity contribution in [3.63, 3.8) is 0 Å². The maximum atomic E-state index is 12.9. The summed E-state index contributed by atoms with van der Waals surface area (Å²) in [5.74, 6) is -0.839. The molecule has 0 saturated carbocycles. The van der Waals surface area contributed by atoms with Crippen LogP contribution >= 0.6 is 0 Å². The standard InChI is InChI=1S/C28H38O6/c1-27(2,17-29)11-5-7-19-13-23(31)15-21(25(19)33)9-10-22-16-24(32)14-20(26(22)34)8-6-12-28(3,4)18-30/h13-16,29-30H,5-12,17-18H2,1-4H3. The van der Waals surface area contributed by atoms with Crippen LogP contribution in [0.3, 0.4) is 0 Å². The number of carbonyl (C=O) groups is 4. The molecule has 0 spiro atoms. The minimum Gasteiger partial charge on any atom is -0.396 e. The molecule has 0 aliphatic heterocycles. The fourth-order valence-corrected chi connectivity index (χ4v) is 4.13. The van der Waals surface area contributed by atoms with Crippen LogP contribution in [0.2, 0.25) is 0 Å². The quantitative estimate of drug-likeness (QED) is 0.391. The highest BCUT2D eigenvalue weighted by atomic mass is 16.3. The van der Waals surface area contributed by atoms with E-state index >= 15 is 0 Å². The highest BCUT2D eigenvalue weighted by Crippen LogP contribution is 2.30. The van der Waals surface area contributed by atoms with Gasteiger partial charge in [-0.15, -0.1) is 0 Å². The molecule has 0 fully saturated rings. The van der Waals surface area contributed by atoms with E-state index in [9.17, 15) is 29.4 Å². The Morgan fingerprint density at radius 2 is 0.853 bits per heavy atom. The second kappa shape index (κ2) is 11.8. The van der Waals surface area contributed by atoms with Crippen molar-refractivity contribution < 1.29 is 29.4 Å². The van der Waals surface area contributed by atoms with Gasteiger partial charge in [-0.1, -0.05) is 27.7 Å². The fourth-order valence-electron chi connectivity index (χ4n) is 4.13. The van der Waals surface area contributed by atoms with Crippen molar-refractivity contribution in [1.29, 1.82) is 0 Å². The third-order valence-corrected chi connectivity index (χ3v) is 6.55. The number of aliphatic hydroxyl groups is 2. The van der Waals surface area contributed by atoms with Gasteiger partial charge in [-0.2, -0.15) is 0 Å². The van der Waals surface area contributed by atoms with Gasteiger partial charge in [-0.05, 0) is 86.5 Å². The number of hydrogen-bond acceptors (Lipinski definition) is 6. The number of allylic oxidation sites excluding steroid dienone is 8. The first kappa shape index (κ1) is 27.8. The molecule has 0 radical (unpaired) electrons. The van der Waals surface area contributed by atoms with E-state index in [1.165, 1.54) is 24.3 Å². The van der Waals surface area contributed by atoms with Gasteiger partial charge in [0.25, 0.3) is 0 Å². The Hall–Kier alpha value is -2.44. The smallest absolute Gasteiger partial charge is 0.185 e. The van der Waals surface area contributed by atoms with Crippen LogP contribution in [-0.4, -0.2) is 46.6 Å². The summed E-state index contributed by atoms with van der Waals surface area (Å²) in [5.41, 5.74) is 1.18. The van der Waals surface area contributed by atoms with Gasteiger partial charge in [-0.3, -0.25) is 19.2 Å². The number of ketones is 4. The van der Waals surface area contributed by atoms with Crippen molar-refractivity contribution in [2.24, 2.45) is 10.8 Å². The molecule has 0 aromatic carbocycles. The molecule has 0 atom stereocenters. The van der Waals surface area contributed by atoms with Gasteiger partial charge in [0.2, 0.25) is 0 Å². The molecule has 186 valence electrons. The van der Waals surface area contributed by atoms with E-state index in [4.69, 9.17) is 0 Å². The molecule has 0 amide bonds. The molecular weight excluding hydrogens is 432 g/mol. The molecule has 2 aliphatic carbocycles. The predicted molar refractivity (Wildman–Crippen MR) is 131 cm³/mol. The first-order chi connectivity index (χ1) is 15.9. The van der Waals surface area contributed by atoms with E-state index < -0.39 is 0 Å².